The predicted molar refractivity (Wildman–Crippen MR) is 79.1 cm³/mol. The zero-order valence-electron chi connectivity index (χ0n) is 9.60. The van der Waals surface area contributed by atoms with Crippen LogP contribution in [-0.4, -0.2) is 41.9 Å². The van der Waals surface area contributed by atoms with Crippen LogP contribution in [0.4, 0.5) is 0 Å². The summed E-state index contributed by atoms with van der Waals surface area (Å²) in [6.45, 7) is 1.94. The molecule has 6 heteroatoms. The van der Waals surface area contributed by atoms with Gasteiger partial charge in [0.2, 0.25) is 0 Å². The third-order valence-corrected chi connectivity index (χ3v) is 5.85. The van der Waals surface area contributed by atoms with Gasteiger partial charge in [0, 0.05) is 21.3 Å². The van der Waals surface area contributed by atoms with E-state index in [0.29, 0.717) is 19.8 Å². The quantitative estimate of drug-likeness (QED) is 0.782. The van der Waals surface area contributed by atoms with Crippen LogP contribution in [-0.2, 0) is 4.74 Å². The molecule has 1 saturated heterocycles. The first kappa shape index (κ1) is 12.6. The van der Waals surface area contributed by atoms with E-state index in [2.05, 4.69) is 27.4 Å². The number of hydrogen-bond donors (Lipinski definition) is 0. The van der Waals surface area contributed by atoms with Crippen LogP contribution in [0.25, 0.3) is 9.40 Å². The maximum absolute atomic E-state index is 12.5. The van der Waals surface area contributed by atoms with Crippen molar-refractivity contribution in [3.8, 4) is 0 Å². The smallest absolute Gasteiger partial charge is 0.264 e. The van der Waals surface area contributed by atoms with Gasteiger partial charge in [-0.2, -0.15) is 0 Å². The Morgan fingerprint density at radius 3 is 3.22 bits per heavy atom. The number of carbonyl (C=O) groups excluding carboxylic acids is 1. The van der Waals surface area contributed by atoms with Gasteiger partial charge in [-0.3, -0.25) is 4.79 Å². The maximum atomic E-state index is 12.5. The number of amides is 1. The van der Waals surface area contributed by atoms with E-state index >= 15 is 0 Å². The monoisotopic (exact) mass is 345 g/mol. The van der Waals surface area contributed by atoms with Gasteiger partial charge in [0.15, 0.2) is 0 Å². The van der Waals surface area contributed by atoms with Crippen LogP contribution >= 0.6 is 38.6 Å². The number of carbonyl (C=O) groups is 1. The molecule has 1 unspecified atom stereocenters. The first-order chi connectivity index (χ1) is 8.79. The predicted octanol–water partition coefficient (Wildman–Crippen LogP) is 3.20. The Balaban J connectivity index is 1.86. The van der Waals surface area contributed by atoms with E-state index in [1.54, 1.807) is 22.7 Å². The number of fused-ring (bicyclic) bond motifs is 1. The maximum Gasteiger partial charge on any atom is 0.264 e. The molecule has 3 nitrogen and oxygen atoms in total. The molecule has 0 aliphatic carbocycles. The molecule has 2 aromatic rings. The Bertz CT molecular complexity index is 537. The van der Waals surface area contributed by atoms with E-state index in [1.807, 2.05) is 11.0 Å². The van der Waals surface area contributed by atoms with Gasteiger partial charge in [0.25, 0.3) is 5.91 Å². The van der Waals surface area contributed by atoms with Gasteiger partial charge >= 0.3 is 0 Å². The fourth-order valence-electron chi connectivity index (χ4n) is 2.06. The summed E-state index contributed by atoms with van der Waals surface area (Å²) in [7, 11) is 0. The van der Waals surface area contributed by atoms with Gasteiger partial charge in [0.05, 0.1) is 24.1 Å². The minimum absolute atomic E-state index is 0.135. The standard InChI is InChI=1S/C12H12BrNO2S2/c13-6-8-7-16-3-2-14(8)12(15)11-5-10-9(18-11)1-4-17-10/h1,4-5,8H,2-3,6-7H2. The van der Waals surface area contributed by atoms with Crippen LogP contribution in [0.2, 0.25) is 0 Å². The molecule has 18 heavy (non-hydrogen) atoms. The number of hydrogen-bond acceptors (Lipinski definition) is 4. The summed E-state index contributed by atoms with van der Waals surface area (Å²) in [5.41, 5.74) is 0. The number of alkyl halides is 1. The molecule has 0 radical (unpaired) electrons. The Kier molecular flexibility index (Phi) is 3.70. The van der Waals surface area contributed by atoms with Crippen molar-refractivity contribution in [1.29, 1.82) is 0 Å². The van der Waals surface area contributed by atoms with E-state index in [9.17, 15) is 4.79 Å². The minimum Gasteiger partial charge on any atom is -0.377 e. The molecule has 1 fully saturated rings. The molecule has 0 saturated carbocycles. The first-order valence-electron chi connectivity index (χ1n) is 5.71. The van der Waals surface area contributed by atoms with E-state index in [1.165, 1.54) is 9.40 Å². The number of ether oxygens (including phenoxy) is 1. The number of thiophene rings is 2. The Morgan fingerprint density at radius 2 is 2.44 bits per heavy atom. The van der Waals surface area contributed by atoms with Crippen molar-refractivity contribution in [2.24, 2.45) is 0 Å². The summed E-state index contributed by atoms with van der Waals surface area (Å²) in [6.07, 6.45) is 0. The van der Waals surface area contributed by atoms with E-state index in [-0.39, 0.29) is 11.9 Å². The molecule has 0 aromatic carbocycles. The van der Waals surface area contributed by atoms with Crippen LogP contribution < -0.4 is 0 Å². The fourth-order valence-corrected chi connectivity index (χ4v) is 4.66. The molecular weight excluding hydrogens is 334 g/mol. The number of halogens is 1. The lowest BCUT2D eigenvalue weighted by molar-refractivity contribution is 0.00553. The lowest BCUT2D eigenvalue weighted by Gasteiger charge is -2.34. The van der Waals surface area contributed by atoms with Gasteiger partial charge in [0.1, 0.15) is 0 Å². The summed E-state index contributed by atoms with van der Waals surface area (Å²) in [5, 5.41) is 2.82. The molecule has 0 N–H and O–H groups in total. The van der Waals surface area contributed by atoms with Crippen molar-refractivity contribution in [2.45, 2.75) is 6.04 Å². The molecule has 3 rings (SSSR count). The second kappa shape index (κ2) is 5.28. The highest BCUT2D eigenvalue weighted by Gasteiger charge is 2.28. The van der Waals surface area contributed by atoms with Crippen molar-refractivity contribution in [2.75, 3.05) is 25.1 Å². The van der Waals surface area contributed by atoms with Crippen LogP contribution in [0.5, 0.6) is 0 Å². The highest BCUT2D eigenvalue weighted by atomic mass is 79.9. The molecular formula is C12H12BrNO2S2. The number of nitrogens with zero attached hydrogens (tertiary/aromatic N) is 1. The van der Waals surface area contributed by atoms with Crippen molar-refractivity contribution < 1.29 is 9.53 Å². The van der Waals surface area contributed by atoms with Gasteiger partial charge in [-0.15, -0.1) is 22.7 Å². The van der Waals surface area contributed by atoms with Crippen molar-refractivity contribution in [3.05, 3.63) is 22.4 Å². The van der Waals surface area contributed by atoms with E-state index in [0.717, 1.165) is 10.2 Å². The Labute approximate surface area is 121 Å². The van der Waals surface area contributed by atoms with Crippen molar-refractivity contribution in [3.63, 3.8) is 0 Å². The van der Waals surface area contributed by atoms with Crippen LogP contribution in [0.15, 0.2) is 17.5 Å². The van der Waals surface area contributed by atoms with E-state index in [4.69, 9.17) is 4.74 Å². The second-order valence-electron chi connectivity index (χ2n) is 4.14. The summed E-state index contributed by atoms with van der Waals surface area (Å²) in [6, 6.07) is 4.22. The lowest BCUT2D eigenvalue weighted by atomic mass is 10.2. The third-order valence-electron chi connectivity index (χ3n) is 3.02. The lowest BCUT2D eigenvalue weighted by Crippen LogP contribution is -2.49. The topological polar surface area (TPSA) is 29.5 Å². The van der Waals surface area contributed by atoms with Crippen LogP contribution in [0.1, 0.15) is 9.67 Å². The largest absolute Gasteiger partial charge is 0.377 e. The molecule has 96 valence electrons. The summed E-state index contributed by atoms with van der Waals surface area (Å²) >= 11 is 6.72. The molecule has 3 heterocycles. The second-order valence-corrected chi connectivity index (χ2v) is 6.82. The molecule has 1 amide bonds. The number of rotatable bonds is 2. The van der Waals surface area contributed by atoms with Gasteiger partial charge in [-0.25, -0.2) is 0 Å². The minimum atomic E-state index is 0.135. The third kappa shape index (κ3) is 2.22. The highest BCUT2D eigenvalue weighted by molar-refractivity contribution is 9.09. The molecule has 2 aromatic heterocycles. The molecule has 0 bridgehead atoms. The molecule has 1 atom stereocenters. The zero-order chi connectivity index (χ0) is 12.5. The number of morpholine rings is 1. The van der Waals surface area contributed by atoms with Gasteiger partial charge in [-0.1, -0.05) is 15.9 Å². The van der Waals surface area contributed by atoms with Crippen LogP contribution in [0.3, 0.4) is 0 Å². The molecule has 0 spiro atoms. The summed E-state index contributed by atoms with van der Waals surface area (Å²) in [4.78, 5) is 15.3. The molecule has 1 aliphatic heterocycles. The highest BCUT2D eigenvalue weighted by Crippen LogP contribution is 2.31. The van der Waals surface area contributed by atoms with Gasteiger partial charge in [-0.05, 0) is 17.5 Å². The fraction of sp³-hybridized carbons (Fsp3) is 0.417. The SMILES string of the molecule is O=C(c1cc2sccc2s1)N1CCOCC1CBr. The zero-order valence-corrected chi connectivity index (χ0v) is 12.8. The summed E-state index contributed by atoms with van der Waals surface area (Å²) < 4.78 is 7.82. The Morgan fingerprint density at radius 1 is 1.56 bits per heavy atom. The van der Waals surface area contributed by atoms with Crippen molar-refractivity contribution in [1.82, 2.24) is 4.90 Å². The summed E-state index contributed by atoms with van der Waals surface area (Å²) in [5.74, 6) is 0.135. The Hall–Kier alpha value is -0.430. The molecule has 1 aliphatic rings. The normalized spacial score (nSPS) is 20.5. The average molecular weight is 346 g/mol. The van der Waals surface area contributed by atoms with Gasteiger partial charge < -0.3 is 9.64 Å². The van der Waals surface area contributed by atoms with E-state index < -0.39 is 0 Å². The van der Waals surface area contributed by atoms with Crippen LogP contribution in [0, 0.1) is 0 Å². The van der Waals surface area contributed by atoms with Crippen molar-refractivity contribution >= 4 is 53.9 Å². The average Bonchev–Trinajstić information content (AvgIpc) is 2.98. The first-order valence-corrected chi connectivity index (χ1v) is 8.53.